The monoisotopic (exact) mass is 321 g/mol. The Bertz CT molecular complexity index is 669. The van der Waals surface area contributed by atoms with Crippen LogP contribution in [0, 0.1) is 6.92 Å². The molecule has 3 nitrogen and oxygen atoms in total. The molecule has 1 atom stereocenters. The Labute approximate surface area is 134 Å². The maximum absolute atomic E-state index is 6.23. The zero-order chi connectivity index (χ0) is 15.0. The summed E-state index contributed by atoms with van der Waals surface area (Å²) < 4.78 is 0. The highest BCUT2D eigenvalue weighted by molar-refractivity contribution is 6.30. The van der Waals surface area contributed by atoms with Gasteiger partial charge in [0.15, 0.2) is 0 Å². The predicted molar refractivity (Wildman–Crippen MR) is 87.2 cm³/mol. The molecule has 0 amide bonds. The van der Waals surface area contributed by atoms with Crippen molar-refractivity contribution >= 4 is 29.0 Å². The number of benzene rings is 1. The fraction of sp³-hybridized carbons (Fsp3) is 0.375. The first kappa shape index (κ1) is 14.6. The van der Waals surface area contributed by atoms with E-state index in [2.05, 4.69) is 22.2 Å². The van der Waals surface area contributed by atoms with Crippen LogP contribution in [0.1, 0.15) is 48.7 Å². The number of halogens is 2. The smallest absolute Gasteiger partial charge is 0.137 e. The van der Waals surface area contributed by atoms with Gasteiger partial charge in [0.05, 0.1) is 6.04 Å². The van der Waals surface area contributed by atoms with Crippen molar-refractivity contribution < 1.29 is 0 Å². The summed E-state index contributed by atoms with van der Waals surface area (Å²) in [6, 6.07) is 7.92. The first-order valence-electron chi connectivity index (χ1n) is 7.10. The quantitative estimate of drug-likeness (QED) is 0.792. The van der Waals surface area contributed by atoms with Gasteiger partial charge in [0.25, 0.3) is 0 Å². The minimum absolute atomic E-state index is 0.0976. The lowest BCUT2D eigenvalue weighted by Crippen LogP contribution is -2.11. The number of aromatic nitrogens is 2. The van der Waals surface area contributed by atoms with Crippen molar-refractivity contribution in [2.75, 3.05) is 5.32 Å². The third kappa shape index (κ3) is 3.30. The molecule has 110 valence electrons. The van der Waals surface area contributed by atoms with Crippen LogP contribution in [-0.4, -0.2) is 9.97 Å². The van der Waals surface area contributed by atoms with Gasteiger partial charge in [-0.1, -0.05) is 35.3 Å². The van der Waals surface area contributed by atoms with Crippen molar-refractivity contribution in [1.29, 1.82) is 0 Å². The second kappa shape index (κ2) is 5.82. The van der Waals surface area contributed by atoms with E-state index in [1.54, 1.807) is 0 Å². The molecule has 0 aliphatic heterocycles. The Morgan fingerprint density at radius 1 is 1.24 bits per heavy atom. The molecular formula is C16H17Cl2N3. The van der Waals surface area contributed by atoms with E-state index in [1.807, 2.05) is 31.2 Å². The summed E-state index contributed by atoms with van der Waals surface area (Å²) in [6.07, 6.45) is 2.31. The third-order valence-corrected chi connectivity index (χ3v) is 4.35. The summed E-state index contributed by atoms with van der Waals surface area (Å²) in [6.45, 7) is 4.02. The van der Waals surface area contributed by atoms with Gasteiger partial charge in [-0.15, -0.1) is 0 Å². The molecule has 2 aromatic rings. The second-order valence-corrected chi connectivity index (χ2v) is 6.34. The van der Waals surface area contributed by atoms with E-state index >= 15 is 0 Å². The van der Waals surface area contributed by atoms with Crippen LogP contribution in [0.25, 0.3) is 0 Å². The molecule has 1 saturated carbocycles. The third-order valence-electron chi connectivity index (χ3n) is 3.75. The summed E-state index contributed by atoms with van der Waals surface area (Å²) in [5, 5.41) is 4.69. The number of anilines is 1. The standard InChI is InChI=1S/C16H17Cl2N3/c1-9-14(18)20-16(11-6-7-11)21-15(9)19-10(2)12-4-3-5-13(17)8-12/h3-5,8,10-11H,6-7H2,1-2H3,(H,19,20,21). The number of rotatable bonds is 4. The summed E-state index contributed by atoms with van der Waals surface area (Å²) >= 11 is 12.3. The summed E-state index contributed by atoms with van der Waals surface area (Å²) in [5.41, 5.74) is 2.00. The lowest BCUT2D eigenvalue weighted by Gasteiger charge is -2.18. The highest BCUT2D eigenvalue weighted by atomic mass is 35.5. The average Bonchev–Trinajstić information content (AvgIpc) is 3.28. The van der Waals surface area contributed by atoms with E-state index < -0.39 is 0 Å². The van der Waals surface area contributed by atoms with Crippen LogP contribution in [0.4, 0.5) is 5.82 Å². The van der Waals surface area contributed by atoms with Crippen molar-refractivity contribution in [1.82, 2.24) is 9.97 Å². The maximum atomic E-state index is 6.23. The lowest BCUT2D eigenvalue weighted by molar-refractivity contribution is 0.848. The Balaban J connectivity index is 1.86. The molecule has 1 fully saturated rings. The molecule has 1 aromatic heterocycles. The molecule has 1 aliphatic carbocycles. The fourth-order valence-electron chi connectivity index (χ4n) is 2.23. The van der Waals surface area contributed by atoms with Crippen LogP contribution >= 0.6 is 23.2 Å². The van der Waals surface area contributed by atoms with Crippen LogP contribution in [0.3, 0.4) is 0 Å². The van der Waals surface area contributed by atoms with E-state index in [0.29, 0.717) is 11.1 Å². The molecule has 5 heteroatoms. The van der Waals surface area contributed by atoms with Crippen LogP contribution in [0.15, 0.2) is 24.3 Å². The van der Waals surface area contributed by atoms with Crippen molar-refractivity contribution in [3.8, 4) is 0 Å². The van der Waals surface area contributed by atoms with Crippen LogP contribution in [0.5, 0.6) is 0 Å². The number of hydrogen-bond donors (Lipinski definition) is 1. The van der Waals surface area contributed by atoms with Crippen molar-refractivity contribution in [2.45, 2.75) is 38.6 Å². The largest absolute Gasteiger partial charge is 0.363 e. The Hall–Kier alpha value is -1.32. The number of nitrogens with one attached hydrogen (secondary N) is 1. The molecule has 21 heavy (non-hydrogen) atoms. The van der Waals surface area contributed by atoms with Crippen molar-refractivity contribution in [3.05, 3.63) is 51.4 Å². The Morgan fingerprint density at radius 2 is 2.00 bits per heavy atom. The minimum atomic E-state index is 0.0976. The SMILES string of the molecule is Cc1c(Cl)nc(C2CC2)nc1NC(C)c1cccc(Cl)c1. The van der Waals surface area contributed by atoms with Gasteiger partial charge in [-0.3, -0.25) is 0 Å². The molecule has 1 unspecified atom stereocenters. The second-order valence-electron chi connectivity index (χ2n) is 5.54. The Morgan fingerprint density at radius 3 is 2.67 bits per heavy atom. The van der Waals surface area contributed by atoms with Crippen LogP contribution < -0.4 is 5.32 Å². The molecule has 0 spiro atoms. The van der Waals surface area contributed by atoms with Gasteiger partial charge in [-0.25, -0.2) is 9.97 Å². The molecule has 0 radical (unpaired) electrons. The highest BCUT2D eigenvalue weighted by Crippen LogP contribution is 2.39. The van der Waals surface area contributed by atoms with Crippen molar-refractivity contribution in [3.63, 3.8) is 0 Å². The molecule has 1 aliphatic rings. The summed E-state index contributed by atoms with van der Waals surface area (Å²) in [5.74, 6) is 2.14. The summed E-state index contributed by atoms with van der Waals surface area (Å²) in [4.78, 5) is 9.03. The average molecular weight is 322 g/mol. The lowest BCUT2D eigenvalue weighted by atomic mass is 10.1. The van der Waals surface area contributed by atoms with Gasteiger partial charge in [0, 0.05) is 16.5 Å². The molecule has 0 saturated heterocycles. The zero-order valence-corrected chi connectivity index (χ0v) is 13.5. The molecule has 1 heterocycles. The fourth-order valence-corrected chi connectivity index (χ4v) is 2.61. The van der Waals surface area contributed by atoms with E-state index in [9.17, 15) is 0 Å². The van der Waals surface area contributed by atoms with Gasteiger partial charge in [-0.05, 0) is 44.4 Å². The molecule has 3 rings (SSSR count). The first-order chi connectivity index (χ1) is 10.0. The van der Waals surface area contributed by atoms with Crippen LogP contribution in [-0.2, 0) is 0 Å². The number of hydrogen-bond acceptors (Lipinski definition) is 3. The summed E-state index contributed by atoms with van der Waals surface area (Å²) in [7, 11) is 0. The number of nitrogens with zero attached hydrogens (tertiary/aromatic N) is 2. The van der Waals surface area contributed by atoms with Gasteiger partial charge < -0.3 is 5.32 Å². The molecule has 0 bridgehead atoms. The minimum Gasteiger partial charge on any atom is -0.363 e. The zero-order valence-electron chi connectivity index (χ0n) is 12.0. The topological polar surface area (TPSA) is 37.8 Å². The van der Waals surface area contributed by atoms with Gasteiger partial charge in [0.1, 0.15) is 16.8 Å². The van der Waals surface area contributed by atoms with Crippen LogP contribution in [0.2, 0.25) is 10.2 Å². The Kier molecular flexibility index (Phi) is 4.05. The highest BCUT2D eigenvalue weighted by Gasteiger charge is 2.28. The van der Waals surface area contributed by atoms with E-state index in [-0.39, 0.29) is 6.04 Å². The molecule has 1 N–H and O–H groups in total. The van der Waals surface area contributed by atoms with E-state index in [4.69, 9.17) is 23.2 Å². The van der Waals surface area contributed by atoms with E-state index in [0.717, 1.165) is 40.6 Å². The molecular weight excluding hydrogens is 305 g/mol. The van der Waals surface area contributed by atoms with Gasteiger partial charge >= 0.3 is 0 Å². The first-order valence-corrected chi connectivity index (χ1v) is 7.86. The van der Waals surface area contributed by atoms with E-state index in [1.165, 1.54) is 0 Å². The molecule has 1 aromatic carbocycles. The van der Waals surface area contributed by atoms with Gasteiger partial charge in [-0.2, -0.15) is 0 Å². The van der Waals surface area contributed by atoms with Crippen molar-refractivity contribution in [2.24, 2.45) is 0 Å². The normalized spacial score (nSPS) is 15.8. The predicted octanol–water partition coefficient (Wildman–Crippen LogP) is 5.14. The maximum Gasteiger partial charge on any atom is 0.137 e. The van der Waals surface area contributed by atoms with Gasteiger partial charge in [0.2, 0.25) is 0 Å².